The van der Waals surface area contributed by atoms with Gasteiger partial charge in [0, 0.05) is 6.54 Å². The van der Waals surface area contributed by atoms with Crippen LogP contribution >= 0.6 is 0 Å². The molecular formula is C14H23NO3. The van der Waals surface area contributed by atoms with Crippen molar-refractivity contribution in [3.63, 3.8) is 0 Å². The maximum atomic E-state index is 9.72. The summed E-state index contributed by atoms with van der Waals surface area (Å²) in [5, 5.41) is 9.72. The van der Waals surface area contributed by atoms with Crippen molar-refractivity contribution in [1.82, 2.24) is 0 Å². The molecule has 0 bridgehead atoms. The summed E-state index contributed by atoms with van der Waals surface area (Å²) in [6, 6.07) is 5.45. The normalized spacial score (nSPS) is 12.2. The Balaban J connectivity index is 2.88. The maximum Gasteiger partial charge on any atom is 0.161 e. The SMILES string of the molecule is CCCOc1ccc([C@H](O)CN)cc1OCCC. The van der Waals surface area contributed by atoms with Crippen LogP contribution < -0.4 is 15.2 Å². The van der Waals surface area contributed by atoms with Gasteiger partial charge in [0.05, 0.1) is 19.3 Å². The lowest BCUT2D eigenvalue weighted by Gasteiger charge is -2.15. The lowest BCUT2D eigenvalue weighted by molar-refractivity contribution is 0.185. The first-order valence-corrected chi connectivity index (χ1v) is 6.50. The highest BCUT2D eigenvalue weighted by atomic mass is 16.5. The zero-order valence-electron chi connectivity index (χ0n) is 11.2. The predicted octanol–water partition coefficient (Wildman–Crippen LogP) is 2.26. The third-order valence-corrected chi connectivity index (χ3v) is 2.50. The number of benzene rings is 1. The molecule has 0 aliphatic carbocycles. The van der Waals surface area contributed by atoms with Gasteiger partial charge in [-0.1, -0.05) is 19.9 Å². The first-order chi connectivity index (χ1) is 8.72. The van der Waals surface area contributed by atoms with E-state index in [1.165, 1.54) is 0 Å². The fourth-order valence-electron chi connectivity index (χ4n) is 1.52. The maximum absolute atomic E-state index is 9.72. The quantitative estimate of drug-likeness (QED) is 0.746. The van der Waals surface area contributed by atoms with Crippen LogP contribution in [0.3, 0.4) is 0 Å². The summed E-state index contributed by atoms with van der Waals surface area (Å²) in [4.78, 5) is 0. The van der Waals surface area contributed by atoms with E-state index in [0.717, 1.165) is 24.2 Å². The van der Waals surface area contributed by atoms with Gasteiger partial charge in [0.25, 0.3) is 0 Å². The molecule has 0 heterocycles. The predicted molar refractivity (Wildman–Crippen MR) is 72.0 cm³/mol. The molecule has 0 amide bonds. The van der Waals surface area contributed by atoms with Gasteiger partial charge >= 0.3 is 0 Å². The molecule has 3 N–H and O–H groups in total. The van der Waals surface area contributed by atoms with Crippen LogP contribution in [0.1, 0.15) is 38.4 Å². The van der Waals surface area contributed by atoms with Crippen LogP contribution in [0.4, 0.5) is 0 Å². The summed E-state index contributed by atoms with van der Waals surface area (Å²) < 4.78 is 11.3. The minimum Gasteiger partial charge on any atom is -0.490 e. The van der Waals surface area contributed by atoms with Crippen LogP contribution in [0.25, 0.3) is 0 Å². The molecule has 0 saturated carbocycles. The highest BCUT2D eigenvalue weighted by molar-refractivity contribution is 5.43. The molecule has 0 saturated heterocycles. The Morgan fingerprint density at radius 3 is 2.28 bits per heavy atom. The molecule has 1 rings (SSSR count). The van der Waals surface area contributed by atoms with Crippen LogP contribution in [-0.4, -0.2) is 24.9 Å². The Bertz CT molecular complexity index is 355. The molecule has 4 heteroatoms. The number of ether oxygens (including phenoxy) is 2. The third kappa shape index (κ3) is 4.20. The first kappa shape index (κ1) is 14.8. The number of hydrogen-bond donors (Lipinski definition) is 2. The molecule has 0 aliphatic rings. The molecule has 18 heavy (non-hydrogen) atoms. The standard InChI is InChI=1S/C14H23NO3/c1-3-7-17-13-6-5-11(12(16)10-15)9-14(13)18-8-4-2/h5-6,9,12,16H,3-4,7-8,10,15H2,1-2H3/t12-/m1/s1. The second-order valence-corrected chi connectivity index (χ2v) is 4.15. The minimum atomic E-state index is -0.658. The van der Waals surface area contributed by atoms with Gasteiger partial charge in [0.15, 0.2) is 11.5 Å². The Kier molecular flexibility index (Phi) is 6.54. The van der Waals surface area contributed by atoms with Gasteiger partial charge in [-0.25, -0.2) is 0 Å². The van der Waals surface area contributed by atoms with Crippen LogP contribution in [0, 0.1) is 0 Å². The van der Waals surface area contributed by atoms with Crippen LogP contribution in [0.15, 0.2) is 18.2 Å². The van der Waals surface area contributed by atoms with Gasteiger partial charge in [-0.15, -0.1) is 0 Å². The smallest absolute Gasteiger partial charge is 0.161 e. The van der Waals surface area contributed by atoms with Gasteiger partial charge in [-0.2, -0.15) is 0 Å². The van der Waals surface area contributed by atoms with Crippen molar-refractivity contribution < 1.29 is 14.6 Å². The molecule has 0 aliphatic heterocycles. The van der Waals surface area contributed by atoms with Gasteiger partial charge in [0.1, 0.15) is 0 Å². The lowest BCUT2D eigenvalue weighted by atomic mass is 10.1. The third-order valence-electron chi connectivity index (χ3n) is 2.50. The molecular weight excluding hydrogens is 230 g/mol. The fraction of sp³-hybridized carbons (Fsp3) is 0.571. The number of hydrogen-bond acceptors (Lipinski definition) is 4. The number of rotatable bonds is 8. The summed E-state index contributed by atoms with van der Waals surface area (Å²) in [6.07, 6.45) is 1.21. The molecule has 0 radical (unpaired) electrons. The average molecular weight is 253 g/mol. The summed E-state index contributed by atoms with van der Waals surface area (Å²) in [7, 11) is 0. The molecule has 1 aromatic rings. The highest BCUT2D eigenvalue weighted by Gasteiger charge is 2.11. The van der Waals surface area contributed by atoms with Crippen molar-refractivity contribution in [2.45, 2.75) is 32.8 Å². The van der Waals surface area contributed by atoms with Crippen LogP contribution in [-0.2, 0) is 0 Å². The van der Waals surface area contributed by atoms with Crippen molar-refractivity contribution in [1.29, 1.82) is 0 Å². The van der Waals surface area contributed by atoms with Crippen LogP contribution in [0.2, 0.25) is 0 Å². The number of aliphatic hydroxyl groups is 1. The Hall–Kier alpha value is -1.26. The van der Waals surface area contributed by atoms with E-state index in [1.54, 1.807) is 6.07 Å². The summed E-state index contributed by atoms with van der Waals surface area (Å²) in [5.41, 5.74) is 6.21. The van der Waals surface area contributed by atoms with Gasteiger partial charge in [-0.3, -0.25) is 0 Å². The molecule has 0 fully saturated rings. The van der Waals surface area contributed by atoms with E-state index < -0.39 is 6.10 Å². The summed E-state index contributed by atoms with van der Waals surface area (Å²) in [6.45, 7) is 5.58. The van der Waals surface area contributed by atoms with Crippen LogP contribution in [0.5, 0.6) is 11.5 Å². The first-order valence-electron chi connectivity index (χ1n) is 6.50. The second-order valence-electron chi connectivity index (χ2n) is 4.15. The highest BCUT2D eigenvalue weighted by Crippen LogP contribution is 2.30. The van der Waals surface area contributed by atoms with E-state index in [4.69, 9.17) is 15.2 Å². The van der Waals surface area contributed by atoms with E-state index in [0.29, 0.717) is 19.0 Å². The van der Waals surface area contributed by atoms with Gasteiger partial charge < -0.3 is 20.3 Å². The fourth-order valence-corrected chi connectivity index (χ4v) is 1.52. The Morgan fingerprint density at radius 2 is 1.72 bits per heavy atom. The molecule has 102 valence electrons. The Morgan fingerprint density at radius 1 is 1.11 bits per heavy atom. The molecule has 0 unspecified atom stereocenters. The van der Waals surface area contributed by atoms with E-state index in [2.05, 4.69) is 6.92 Å². The summed E-state index contributed by atoms with van der Waals surface area (Å²) in [5.74, 6) is 1.40. The lowest BCUT2D eigenvalue weighted by Crippen LogP contribution is -2.12. The average Bonchev–Trinajstić information content (AvgIpc) is 2.42. The van der Waals surface area contributed by atoms with Crippen molar-refractivity contribution in [3.8, 4) is 11.5 Å². The number of aliphatic hydroxyl groups excluding tert-OH is 1. The van der Waals surface area contributed by atoms with Gasteiger partial charge in [0.2, 0.25) is 0 Å². The largest absolute Gasteiger partial charge is 0.490 e. The molecule has 1 atom stereocenters. The number of nitrogens with two attached hydrogens (primary N) is 1. The van der Waals surface area contributed by atoms with Crippen molar-refractivity contribution in [2.24, 2.45) is 5.73 Å². The Labute approximate surface area is 109 Å². The van der Waals surface area contributed by atoms with Crippen molar-refractivity contribution in [2.75, 3.05) is 19.8 Å². The van der Waals surface area contributed by atoms with Crippen molar-refractivity contribution in [3.05, 3.63) is 23.8 Å². The van der Waals surface area contributed by atoms with Gasteiger partial charge in [-0.05, 0) is 30.5 Å². The second kappa shape index (κ2) is 7.95. The molecule has 0 aromatic heterocycles. The van der Waals surface area contributed by atoms with E-state index in [1.807, 2.05) is 19.1 Å². The van der Waals surface area contributed by atoms with E-state index >= 15 is 0 Å². The summed E-state index contributed by atoms with van der Waals surface area (Å²) >= 11 is 0. The topological polar surface area (TPSA) is 64.7 Å². The molecule has 4 nitrogen and oxygen atoms in total. The monoisotopic (exact) mass is 253 g/mol. The zero-order chi connectivity index (χ0) is 13.4. The van der Waals surface area contributed by atoms with E-state index in [-0.39, 0.29) is 6.54 Å². The zero-order valence-corrected chi connectivity index (χ0v) is 11.2. The molecule has 1 aromatic carbocycles. The van der Waals surface area contributed by atoms with E-state index in [9.17, 15) is 5.11 Å². The molecule has 0 spiro atoms. The minimum absolute atomic E-state index is 0.197. The van der Waals surface area contributed by atoms with Crippen molar-refractivity contribution >= 4 is 0 Å².